The van der Waals surface area contributed by atoms with E-state index < -0.39 is 23.8 Å². The summed E-state index contributed by atoms with van der Waals surface area (Å²) >= 11 is 0. The van der Waals surface area contributed by atoms with Gasteiger partial charge in [0.25, 0.3) is 0 Å². The molecule has 0 bridgehead atoms. The highest BCUT2D eigenvalue weighted by molar-refractivity contribution is 5.76. The molecule has 0 atom stereocenters. The Morgan fingerprint density at radius 3 is 0.961 bits per heavy atom. The molecule has 0 saturated carbocycles. The summed E-state index contributed by atoms with van der Waals surface area (Å²) in [7, 11) is 0. The molecular formula is C32H61N5O14. The molecule has 0 radical (unpaired) electrons. The molecule has 0 aromatic carbocycles. The third kappa shape index (κ3) is 34.0. The number of hydrogen-bond donors (Lipinski definition) is 4. The first-order valence-corrected chi connectivity index (χ1v) is 17.2. The van der Waals surface area contributed by atoms with Crippen molar-refractivity contribution < 1.29 is 67.7 Å². The van der Waals surface area contributed by atoms with Crippen LogP contribution in [0.5, 0.6) is 0 Å². The van der Waals surface area contributed by atoms with E-state index >= 15 is 0 Å². The molecular weight excluding hydrogens is 678 g/mol. The highest BCUT2D eigenvalue weighted by Crippen LogP contribution is 2.01. The fourth-order valence-corrected chi connectivity index (χ4v) is 4.47. The standard InChI is InChI=1S/C16H29N5O7.C16H32O7/c17-13(22)9-18-1-3-19(10-14(23)24)5-7-21(12-16(27)28)8-6-20(4-2-18)11-15(25)26;1-3-18-6-7-20-10-11-22-14-15-23-13-12-21-9-8-19-5-4-16(2)17/h1-12H2,(H2,17,22)(H,23,24)(H,25,26)(H,27,28);3-15H2,1-2H3. The maximum atomic E-state index is 11.3. The first kappa shape index (κ1) is 48.1. The number of rotatable bonds is 27. The molecule has 19 nitrogen and oxygen atoms in total. The Kier molecular flexibility index (Phi) is 31.2. The van der Waals surface area contributed by atoms with Crippen LogP contribution >= 0.6 is 0 Å². The number of nitrogens with zero attached hydrogens (tertiary/aromatic N) is 4. The molecule has 0 aliphatic carbocycles. The maximum absolute atomic E-state index is 11.3. The molecule has 1 amide bonds. The van der Waals surface area contributed by atoms with Crippen LogP contribution in [0.25, 0.3) is 0 Å². The first-order valence-electron chi connectivity index (χ1n) is 17.2. The Hall–Kier alpha value is -2.85. The predicted molar refractivity (Wildman–Crippen MR) is 184 cm³/mol. The Balaban J connectivity index is 0.00000100. The van der Waals surface area contributed by atoms with Crippen LogP contribution in [0.2, 0.25) is 0 Å². The van der Waals surface area contributed by atoms with Crippen molar-refractivity contribution in [2.24, 2.45) is 5.73 Å². The molecule has 0 aromatic rings. The van der Waals surface area contributed by atoms with Crippen LogP contribution in [0.3, 0.4) is 0 Å². The van der Waals surface area contributed by atoms with Gasteiger partial charge < -0.3 is 49.5 Å². The summed E-state index contributed by atoms with van der Waals surface area (Å²) in [5, 5.41) is 27.3. The summed E-state index contributed by atoms with van der Waals surface area (Å²) in [6.45, 7) is 12.4. The van der Waals surface area contributed by atoms with Crippen LogP contribution < -0.4 is 5.73 Å². The van der Waals surface area contributed by atoms with E-state index in [1.54, 1.807) is 26.5 Å². The number of ketones is 1. The third-order valence-corrected chi connectivity index (χ3v) is 7.05. The van der Waals surface area contributed by atoms with E-state index in [-0.39, 0.29) is 32.0 Å². The minimum Gasteiger partial charge on any atom is -0.480 e. The Morgan fingerprint density at radius 1 is 0.471 bits per heavy atom. The summed E-state index contributed by atoms with van der Waals surface area (Å²) in [4.78, 5) is 62.1. The first-order chi connectivity index (χ1) is 24.4. The second kappa shape index (κ2) is 33.0. The fraction of sp³-hybridized carbons (Fsp3) is 0.844. The van der Waals surface area contributed by atoms with Crippen LogP contribution in [0.4, 0.5) is 0 Å². The molecule has 1 aliphatic rings. The SMILES string of the molecule is CCOCCOCCOCCOCCOCCOCCC(C)=O.NC(=O)CN1CCN(CC(=O)O)CCN(CC(=O)O)CCN(CC(=O)O)CC1. The number of ether oxygens (including phenoxy) is 6. The Morgan fingerprint density at radius 2 is 0.725 bits per heavy atom. The second-order valence-corrected chi connectivity index (χ2v) is 11.5. The van der Waals surface area contributed by atoms with E-state index in [2.05, 4.69) is 0 Å². The number of carboxylic acid groups (broad SMARTS) is 3. The van der Waals surface area contributed by atoms with Gasteiger partial charge in [-0.1, -0.05) is 0 Å². The van der Waals surface area contributed by atoms with Crippen molar-refractivity contribution in [2.75, 3.05) is 158 Å². The number of nitrogens with two attached hydrogens (primary N) is 1. The number of carbonyl (C=O) groups is 5. The van der Waals surface area contributed by atoms with Crippen LogP contribution in [-0.2, 0) is 52.4 Å². The van der Waals surface area contributed by atoms with Crippen molar-refractivity contribution in [3.8, 4) is 0 Å². The lowest BCUT2D eigenvalue weighted by Crippen LogP contribution is -2.49. The minimum absolute atomic E-state index is 0.00698. The van der Waals surface area contributed by atoms with Crippen LogP contribution in [0, 0.1) is 0 Å². The molecule has 19 heteroatoms. The Bertz CT molecular complexity index is 836. The normalized spacial score (nSPS) is 15.6. The van der Waals surface area contributed by atoms with E-state index in [1.165, 1.54) is 0 Å². The molecule has 5 N–H and O–H groups in total. The molecule has 1 heterocycles. The fourth-order valence-electron chi connectivity index (χ4n) is 4.47. The van der Waals surface area contributed by atoms with Gasteiger partial charge in [-0.05, 0) is 13.8 Å². The Labute approximate surface area is 300 Å². The summed E-state index contributed by atoms with van der Waals surface area (Å²) in [6, 6.07) is 0. The van der Waals surface area contributed by atoms with E-state index in [4.69, 9.17) is 49.5 Å². The monoisotopic (exact) mass is 739 g/mol. The molecule has 1 rings (SSSR count). The third-order valence-electron chi connectivity index (χ3n) is 7.05. The minimum atomic E-state index is -1.01. The number of carbonyl (C=O) groups excluding carboxylic acids is 2. The lowest BCUT2D eigenvalue weighted by molar-refractivity contribution is -0.140. The number of primary amides is 1. The van der Waals surface area contributed by atoms with E-state index in [1.807, 2.05) is 6.92 Å². The molecule has 0 aromatic heterocycles. The zero-order chi connectivity index (χ0) is 38.1. The number of carboxylic acids is 3. The van der Waals surface area contributed by atoms with Crippen molar-refractivity contribution in [1.29, 1.82) is 0 Å². The zero-order valence-electron chi connectivity index (χ0n) is 30.4. The van der Waals surface area contributed by atoms with Gasteiger partial charge in [0.15, 0.2) is 0 Å². The van der Waals surface area contributed by atoms with Gasteiger partial charge in [0.2, 0.25) is 5.91 Å². The highest BCUT2D eigenvalue weighted by atomic mass is 16.6. The largest absolute Gasteiger partial charge is 0.480 e. The van der Waals surface area contributed by atoms with E-state index in [0.29, 0.717) is 138 Å². The summed E-state index contributed by atoms with van der Waals surface area (Å²) in [5.41, 5.74) is 5.28. The van der Waals surface area contributed by atoms with Gasteiger partial charge in [-0.2, -0.15) is 0 Å². The van der Waals surface area contributed by atoms with Gasteiger partial charge >= 0.3 is 17.9 Å². The van der Waals surface area contributed by atoms with E-state index in [9.17, 15) is 24.0 Å². The molecule has 1 fully saturated rings. The highest BCUT2D eigenvalue weighted by Gasteiger charge is 2.20. The van der Waals surface area contributed by atoms with Gasteiger partial charge in [0, 0.05) is 65.4 Å². The summed E-state index contributed by atoms with van der Waals surface area (Å²) in [6.07, 6.45) is 0.459. The van der Waals surface area contributed by atoms with Gasteiger partial charge in [-0.15, -0.1) is 0 Å². The lowest BCUT2D eigenvalue weighted by Gasteiger charge is -2.32. The summed E-state index contributed by atoms with van der Waals surface area (Å²) < 4.78 is 31.7. The number of hydrogen-bond acceptors (Lipinski definition) is 15. The van der Waals surface area contributed by atoms with Crippen molar-refractivity contribution in [3.63, 3.8) is 0 Å². The number of aliphatic carboxylic acids is 3. The van der Waals surface area contributed by atoms with Gasteiger partial charge in [-0.3, -0.25) is 43.6 Å². The van der Waals surface area contributed by atoms with Crippen LogP contribution in [-0.4, -0.2) is 222 Å². The molecule has 1 aliphatic heterocycles. The van der Waals surface area contributed by atoms with Gasteiger partial charge in [-0.25, -0.2) is 0 Å². The van der Waals surface area contributed by atoms with Gasteiger partial charge in [0.1, 0.15) is 5.78 Å². The topological polar surface area (TPSA) is 240 Å². The summed E-state index contributed by atoms with van der Waals surface area (Å²) in [5.74, 6) is -3.38. The van der Waals surface area contributed by atoms with E-state index in [0.717, 1.165) is 0 Å². The van der Waals surface area contributed by atoms with Crippen molar-refractivity contribution >= 4 is 29.6 Å². The van der Waals surface area contributed by atoms with Crippen molar-refractivity contribution in [3.05, 3.63) is 0 Å². The average molecular weight is 740 g/mol. The van der Waals surface area contributed by atoms with Crippen LogP contribution in [0.1, 0.15) is 20.3 Å². The predicted octanol–water partition coefficient (Wildman–Crippen LogP) is -1.97. The van der Waals surface area contributed by atoms with Gasteiger partial charge in [0.05, 0.1) is 98.9 Å². The quantitative estimate of drug-likeness (QED) is 0.0668. The average Bonchev–Trinajstić information content (AvgIpc) is 3.04. The maximum Gasteiger partial charge on any atom is 0.317 e. The van der Waals surface area contributed by atoms with Crippen LogP contribution in [0.15, 0.2) is 0 Å². The second-order valence-electron chi connectivity index (χ2n) is 11.5. The molecule has 1 saturated heterocycles. The number of amides is 1. The molecule has 0 spiro atoms. The molecule has 298 valence electrons. The zero-order valence-corrected chi connectivity index (χ0v) is 30.4. The van der Waals surface area contributed by atoms with Crippen molar-refractivity contribution in [2.45, 2.75) is 20.3 Å². The molecule has 0 unspecified atom stereocenters. The lowest BCUT2D eigenvalue weighted by atomic mass is 10.3. The van der Waals surface area contributed by atoms with Crippen molar-refractivity contribution in [1.82, 2.24) is 19.6 Å². The smallest absolute Gasteiger partial charge is 0.317 e. The number of Topliss-reactive ketones (excluding diaryl/α,β-unsaturated/α-hetero) is 1. The molecule has 51 heavy (non-hydrogen) atoms.